The molecule has 0 unspecified atom stereocenters. The summed E-state index contributed by atoms with van der Waals surface area (Å²) in [7, 11) is 0. The topological polar surface area (TPSA) is 68.5 Å². The quantitative estimate of drug-likeness (QED) is 0.816. The van der Waals surface area contributed by atoms with Crippen molar-refractivity contribution in [3.05, 3.63) is 42.0 Å². The van der Waals surface area contributed by atoms with E-state index in [0.29, 0.717) is 5.56 Å². The molecule has 2 aliphatic heterocycles. The number of nitriles is 1. The summed E-state index contributed by atoms with van der Waals surface area (Å²) >= 11 is 0. The van der Waals surface area contributed by atoms with Gasteiger partial charge in [0.05, 0.1) is 24.8 Å². The smallest absolute Gasteiger partial charge is 0.134 e. The Labute approximate surface area is 157 Å². The molecule has 2 saturated heterocycles. The van der Waals surface area contributed by atoms with E-state index in [1.165, 1.54) is 12.1 Å². The van der Waals surface area contributed by atoms with Crippen molar-refractivity contribution >= 4 is 17.3 Å². The average molecular weight is 368 g/mol. The van der Waals surface area contributed by atoms with Gasteiger partial charge in [0.15, 0.2) is 0 Å². The van der Waals surface area contributed by atoms with Gasteiger partial charge >= 0.3 is 0 Å². The lowest BCUT2D eigenvalue weighted by atomic mass is 10.1. The molecule has 3 heterocycles. The van der Waals surface area contributed by atoms with Gasteiger partial charge in [0, 0.05) is 51.0 Å². The molecule has 0 amide bonds. The normalized spacial score (nSPS) is 17.7. The van der Waals surface area contributed by atoms with Crippen LogP contribution < -0.4 is 14.7 Å². The van der Waals surface area contributed by atoms with E-state index in [-0.39, 0.29) is 5.82 Å². The highest BCUT2D eigenvalue weighted by molar-refractivity contribution is 5.55. The Balaban J connectivity index is 1.43. The van der Waals surface area contributed by atoms with Crippen molar-refractivity contribution in [2.45, 2.75) is 0 Å². The first kappa shape index (κ1) is 17.5. The van der Waals surface area contributed by atoms with Crippen LogP contribution in [0.2, 0.25) is 0 Å². The van der Waals surface area contributed by atoms with E-state index in [2.05, 4.69) is 24.7 Å². The number of ether oxygens (including phenoxy) is 1. The fraction of sp³-hybridized carbons (Fsp3) is 0.421. The van der Waals surface area contributed by atoms with E-state index < -0.39 is 0 Å². The Morgan fingerprint density at radius 3 is 2.15 bits per heavy atom. The maximum absolute atomic E-state index is 13.7. The third kappa shape index (κ3) is 3.93. The van der Waals surface area contributed by atoms with Crippen molar-refractivity contribution in [1.29, 1.82) is 5.26 Å². The molecule has 2 aliphatic rings. The molecule has 27 heavy (non-hydrogen) atoms. The maximum atomic E-state index is 13.7. The van der Waals surface area contributed by atoms with Crippen LogP contribution in [-0.2, 0) is 4.74 Å². The Hall–Kier alpha value is -2.92. The molecular formula is C19H21FN6O. The summed E-state index contributed by atoms with van der Waals surface area (Å²) < 4.78 is 19.1. The highest BCUT2D eigenvalue weighted by Gasteiger charge is 2.21. The van der Waals surface area contributed by atoms with Crippen LogP contribution in [0.3, 0.4) is 0 Å². The summed E-state index contributed by atoms with van der Waals surface area (Å²) in [4.78, 5) is 15.4. The number of piperazine rings is 1. The van der Waals surface area contributed by atoms with Crippen LogP contribution in [0, 0.1) is 17.1 Å². The Morgan fingerprint density at radius 1 is 0.852 bits per heavy atom. The van der Waals surface area contributed by atoms with Gasteiger partial charge < -0.3 is 19.4 Å². The second-order valence-corrected chi connectivity index (χ2v) is 6.62. The highest BCUT2D eigenvalue weighted by atomic mass is 19.1. The van der Waals surface area contributed by atoms with Crippen LogP contribution in [0.25, 0.3) is 0 Å². The minimum absolute atomic E-state index is 0.346. The van der Waals surface area contributed by atoms with E-state index in [9.17, 15) is 4.39 Å². The molecule has 0 N–H and O–H groups in total. The molecule has 0 aliphatic carbocycles. The molecule has 1 aromatic carbocycles. The number of rotatable bonds is 3. The predicted octanol–water partition coefficient (Wildman–Crippen LogP) is 1.65. The molecule has 0 saturated carbocycles. The average Bonchev–Trinajstić information content (AvgIpc) is 2.74. The lowest BCUT2D eigenvalue weighted by Gasteiger charge is -2.37. The number of aromatic nitrogens is 2. The molecule has 1 aromatic heterocycles. The van der Waals surface area contributed by atoms with Gasteiger partial charge in [0.1, 0.15) is 23.8 Å². The lowest BCUT2D eigenvalue weighted by molar-refractivity contribution is 0.122. The van der Waals surface area contributed by atoms with Crippen LogP contribution in [0.15, 0.2) is 30.6 Å². The molecule has 7 nitrogen and oxygen atoms in total. The second-order valence-electron chi connectivity index (χ2n) is 6.62. The summed E-state index contributed by atoms with van der Waals surface area (Å²) in [6.45, 7) is 6.15. The van der Waals surface area contributed by atoms with Crippen LogP contribution in [0.1, 0.15) is 5.56 Å². The second kappa shape index (κ2) is 7.76. The van der Waals surface area contributed by atoms with Crippen molar-refractivity contribution in [2.75, 3.05) is 67.2 Å². The van der Waals surface area contributed by atoms with Crippen LogP contribution >= 0.6 is 0 Å². The standard InChI is InChI=1S/C19H21FN6O/c20-16-9-15(13-21)10-17(11-16)24-1-3-25(4-2-24)18-12-19(23-14-22-18)26-5-7-27-8-6-26/h9-12,14H,1-8H2. The number of benzene rings is 1. The number of morpholine rings is 1. The number of anilines is 3. The van der Waals surface area contributed by atoms with Gasteiger partial charge in [-0.3, -0.25) is 0 Å². The summed E-state index contributed by atoms with van der Waals surface area (Å²) in [5.74, 6) is 1.45. The fourth-order valence-electron chi connectivity index (χ4n) is 3.49. The van der Waals surface area contributed by atoms with E-state index >= 15 is 0 Å². The van der Waals surface area contributed by atoms with Crippen LogP contribution in [-0.4, -0.2) is 62.5 Å². The number of hydrogen-bond acceptors (Lipinski definition) is 7. The largest absolute Gasteiger partial charge is 0.378 e. The van der Waals surface area contributed by atoms with Crippen molar-refractivity contribution < 1.29 is 9.13 Å². The molecule has 140 valence electrons. The molecule has 0 spiro atoms. The van der Waals surface area contributed by atoms with Gasteiger partial charge in [-0.25, -0.2) is 14.4 Å². The van der Waals surface area contributed by atoms with Gasteiger partial charge in [0.2, 0.25) is 0 Å². The molecule has 8 heteroatoms. The minimum atomic E-state index is -0.377. The molecule has 2 fully saturated rings. The number of nitrogens with zero attached hydrogens (tertiary/aromatic N) is 6. The lowest BCUT2D eigenvalue weighted by Crippen LogP contribution is -2.47. The zero-order valence-corrected chi connectivity index (χ0v) is 15.0. The summed E-state index contributed by atoms with van der Waals surface area (Å²) in [5, 5.41) is 9.04. The van der Waals surface area contributed by atoms with Gasteiger partial charge in [-0.15, -0.1) is 0 Å². The molecule has 4 rings (SSSR count). The zero-order valence-electron chi connectivity index (χ0n) is 15.0. The van der Waals surface area contributed by atoms with E-state index in [1.807, 2.05) is 12.1 Å². The molecule has 2 aromatic rings. The van der Waals surface area contributed by atoms with Gasteiger partial charge in [-0.05, 0) is 18.2 Å². The Kier molecular flexibility index (Phi) is 5.03. The first-order valence-electron chi connectivity index (χ1n) is 9.08. The summed E-state index contributed by atoms with van der Waals surface area (Å²) in [6, 6.07) is 8.51. The summed E-state index contributed by atoms with van der Waals surface area (Å²) in [5.41, 5.74) is 1.10. The van der Waals surface area contributed by atoms with Crippen molar-refractivity contribution in [3.63, 3.8) is 0 Å². The Bertz CT molecular complexity index is 840. The highest BCUT2D eigenvalue weighted by Crippen LogP contribution is 2.23. The van der Waals surface area contributed by atoms with Gasteiger partial charge in [0.25, 0.3) is 0 Å². The van der Waals surface area contributed by atoms with Crippen LogP contribution in [0.4, 0.5) is 21.7 Å². The molecule has 0 radical (unpaired) electrons. The van der Waals surface area contributed by atoms with Gasteiger partial charge in [-0.2, -0.15) is 5.26 Å². The SMILES string of the molecule is N#Cc1cc(F)cc(N2CCN(c3cc(N4CCOCC4)ncn3)CC2)c1. The number of halogens is 1. The molecule has 0 bridgehead atoms. The van der Waals surface area contributed by atoms with Crippen molar-refractivity contribution in [2.24, 2.45) is 0 Å². The number of hydrogen-bond donors (Lipinski definition) is 0. The van der Waals surface area contributed by atoms with Gasteiger partial charge in [-0.1, -0.05) is 0 Å². The van der Waals surface area contributed by atoms with E-state index in [4.69, 9.17) is 10.00 Å². The first-order valence-corrected chi connectivity index (χ1v) is 9.08. The predicted molar refractivity (Wildman–Crippen MR) is 101 cm³/mol. The third-order valence-electron chi connectivity index (χ3n) is 4.95. The van der Waals surface area contributed by atoms with Crippen molar-refractivity contribution in [3.8, 4) is 6.07 Å². The third-order valence-corrected chi connectivity index (χ3v) is 4.95. The molecule has 0 atom stereocenters. The zero-order chi connectivity index (χ0) is 18.6. The van der Waals surface area contributed by atoms with Crippen molar-refractivity contribution in [1.82, 2.24) is 9.97 Å². The maximum Gasteiger partial charge on any atom is 0.134 e. The van der Waals surface area contributed by atoms with E-state index in [0.717, 1.165) is 69.8 Å². The first-order chi connectivity index (χ1) is 13.2. The van der Waals surface area contributed by atoms with E-state index in [1.54, 1.807) is 12.4 Å². The minimum Gasteiger partial charge on any atom is -0.378 e. The monoisotopic (exact) mass is 368 g/mol. The molecular weight excluding hydrogens is 347 g/mol. The Morgan fingerprint density at radius 2 is 1.48 bits per heavy atom. The summed E-state index contributed by atoms with van der Waals surface area (Å²) in [6.07, 6.45) is 1.61. The van der Waals surface area contributed by atoms with Crippen LogP contribution in [0.5, 0.6) is 0 Å². The fourth-order valence-corrected chi connectivity index (χ4v) is 3.49.